The summed E-state index contributed by atoms with van der Waals surface area (Å²) in [5.41, 5.74) is 4.36. The topological polar surface area (TPSA) is 46.3 Å². The van der Waals surface area contributed by atoms with Crippen LogP contribution in [0.2, 0.25) is 0 Å². The van der Waals surface area contributed by atoms with Gasteiger partial charge in [0, 0.05) is 0 Å². The Morgan fingerprint density at radius 1 is 1.00 bits per heavy atom. The molecule has 0 atom stereocenters. The molecule has 5 aromatic rings. The molecular formula is C26H22N2O2S. The van der Waals surface area contributed by atoms with Crippen LogP contribution in [-0.4, -0.2) is 10.9 Å². The molecule has 0 saturated carbocycles. The highest BCUT2D eigenvalue weighted by molar-refractivity contribution is 7.22. The van der Waals surface area contributed by atoms with Gasteiger partial charge in [-0.1, -0.05) is 53.8 Å². The van der Waals surface area contributed by atoms with Crippen LogP contribution < -0.4 is 4.90 Å². The molecule has 0 N–H and O–H groups in total. The first-order chi connectivity index (χ1) is 15.1. The lowest BCUT2D eigenvalue weighted by Gasteiger charge is -2.19. The van der Waals surface area contributed by atoms with Crippen molar-refractivity contribution >= 4 is 43.4 Å². The molecule has 5 rings (SSSR count). The summed E-state index contributed by atoms with van der Waals surface area (Å²) in [7, 11) is 0. The van der Waals surface area contributed by atoms with Gasteiger partial charge < -0.3 is 4.42 Å². The van der Waals surface area contributed by atoms with Crippen LogP contribution in [0.5, 0.6) is 0 Å². The summed E-state index contributed by atoms with van der Waals surface area (Å²) in [4.78, 5) is 20.1. The minimum absolute atomic E-state index is 0.000234. The molecule has 1 amide bonds. The van der Waals surface area contributed by atoms with Gasteiger partial charge >= 0.3 is 0 Å². The molecule has 0 bridgehead atoms. The van der Waals surface area contributed by atoms with E-state index in [1.54, 1.807) is 22.5 Å². The molecule has 2 aromatic heterocycles. The van der Waals surface area contributed by atoms with Gasteiger partial charge in [0.05, 0.1) is 29.4 Å². The Morgan fingerprint density at radius 3 is 2.65 bits per heavy atom. The highest BCUT2D eigenvalue weighted by Gasteiger charge is 2.22. The number of benzene rings is 3. The Labute approximate surface area is 184 Å². The van der Waals surface area contributed by atoms with Crippen molar-refractivity contribution in [3.63, 3.8) is 0 Å². The van der Waals surface area contributed by atoms with E-state index in [1.807, 2.05) is 36.4 Å². The summed E-state index contributed by atoms with van der Waals surface area (Å²) >= 11 is 1.54. The molecule has 0 saturated heterocycles. The van der Waals surface area contributed by atoms with Crippen molar-refractivity contribution in [2.75, 3.05) is 4.90 Å². The molecule has 4 nitrogen and oxygen atoms in total. The normalized spacial score (nSPS) is 11.3. The molecule has 154 valence electrons. The van der Waals surface area contributed by atoms with Crippen LogP contribution in [-0.2, 0) is 17.8 Å². The second-order valence-corrected chi connectivity index (χ2v) is 8.78. The molecule has 0 aliphatic rings. The van der Waals surface area contributed by atoms with Gasteiger partial charge in [0.15, 0.2) is 5.13 Å². The van der Waals surface area contributed by atoms with Crippen LogP contribution in [0.3, 0.4) is 0 Å². The first kappa shape index (κ1) is 19.5. The zero-order valence-electron chi connectivity index (χ0n) is 17.5. The van der Waals surface area contributed by atoms with E-state index in [1.165, 1.54) is 11.1 Å². The van der Waals surface area contributed by atoms with Gasteiger partial charge in [-0.05, 0) is 65.6 Å². The SMILES string of the molecule is Cc1cc2nc(N(Cc3ccco3)C(=O)Cc3cccc4ccccc34)sc2cc1C. The number of carbonyl (C=O) groups excluding carboxylic acids is 1. The van der Waals surface area contributed by atoms with Crippen LogP contribution in [0.4, 0.5) is 5.13 Å². The lowest BCUT2D eigenvalue weighted by molar-refractivity contribution is -0.118. The van der Waals surface area contributed by atoms with Crippen LogP contribution in [0, 0.1) is 13.8 Å². The largest absolute Gasteiger partial charge is 0.467 e. The lowest BCUT2D eigenvalue weighted by Crippen LogP contribution is -2.31. The third kappa shape index (κ3) is 3.84. The monoisotopic (exact) mass is 426 g/mol. The highest BCUT2D eigenvalue weighted by atomic mass is 32.1. The maximum absolute atomic E-state index is 13.5. The fraction of sp³-hybridized carbons (Fsp3) is 0.154. The maximum Gasteiger partial charge on any atom is 0.233 e. The van der Waals surface area contributed by atoms with Gasteiger partial charge in [-0.25, -0.2) is 4.98 Å². The van der Waals surface area contributed by atoms with E-state index >= 15 is 0 Å². The van der Waals surface area contributed by atoms with Crippen LogP contribution >= 0.6 is 11.3 Å². The van der Waals surface area contributed by atoms with Crippen LogP contribution in [0.15, 0.2) is 77.4 Å². The zero-order chi connectivity index (χ0) is 21.4. The summed E-state index contributed by atoms with van der Waals surface area (Å²) < 4.78 is 6.64. The van der Waals surface area contributed by atoms with Gasteiger partial charge in [0.25, 0.3) is 0 Å². The molecule has 0 aliphatic heterocycles. The molecule has 0 aliphatic carbocycles. The number of hydrogen-bond acceptors (Lipinski definition) is 4. The van der Waals surface area contributed by atoms with E-state index in [2.05, 4.69) is 44.2 Å². The van der Waals surface area contributed by atoms with Crippen molar-refractivity contribution in [1.82, 2.24) is 4.98 Å². The smallest absolute Gasteiger partial charge is 0.233 e. The standard InChI is InChI=1S/C26H22N2O2S/c1-17-13-23-24(14-18(17)2)31-26(27-23)28(16-21-10-6-12-30-21)25(29)15-20-9-5-8-19-7-3-4-11-22(19)20/h3-14H,15-16H2,1-2H3. The van der Waals surface area contributed by atoms with E-state index in [9.17, 15) is 4.79 Å². The summed E-state index contributed by atoms with van der Waals surface area (Å²) in [6, 6.07) is 22.2. The van der Waals surface area contributed by atoms with Crippen molar-refractivity contribution in [2.45, 2.75) is 26.8 Å². The number of carbonyl (C=O) groups is 1. The summed E-state index contributed by atoms with van der Waals surface area (Å²) in [5, 5.41) is 2.94. The number of amides is 1. The number of fused-ring (bicyclic) bond motifs is 2. The molecule has 31 heavy (non-hydrogen) atoms. The number of hydrogen-bond donors (Lipinski definition) is 0. The van der Waals surface area contributed by atoms with Gasteiger partial charge in [0.1, 0.15) is 5.76 Å². The molecule has 5 heteroatoms. The van der Waals surface area contributed by atoms with E-state index < -0.39 is 0 Å². The second kappa shape index (κ2) is 8.00. The zero-order valence-corrected chi connectivity index (χ0v) is 18.3. The van der Waals surface area contributed by atoms with Crippen molar-refractivity contribution in [1.29, 1.82) is 0 Å². The van der Waals surface area contributed by atoms with Crippen molar-refractivity contribution in [3.05, 3.63) is 95.4 Å². The first-order valence-electron chi connectivity index (χ1n) is 10.3. The number of anilines is 1. The molecule has 0 radical (unpaired) electrons. The summed E-state index contributed by atoms with van der Waals surface area (Å²) in [6.07, 6.45) is 1.93. The molecule has 0 unspecified atom stereocenters. The minimum Gasteiger partial charge on any atom is -0.467 e. The molecule has 2 heterocycles. The fourth-order valence-electron chi connectivity index (χ4n) is 3.81. The average Bonchev–Trinajstić information content (AvgIpc) is 3.42. The predicted molar refractivity (Wildman–Crippen MR) is 127 cm³/mol. The third-order valence-electron chi connectivity index (χ3n) is 5.64. The first-order valence-corrected chi connectivity index (χ1v) is 11.1. The Bertz CT molecular complexity index is 1340. The average molecular weight is 427 g/mol. The van der Waals surface area contributed by atoms with Crippen molar-refractivity contribution in [2.24, 2.45) is 0 Å². The quantitative estimate of drug-likeness (QED) is 0.325. The second-order valence-electron chi connectivity index (χ2n) is 7.77. The predicted octanol–water partition coefficient (Wildman–Crippen LogP) is 6.44. The summed E-state index contributed by atoms with van der Waals surface area (Å²) in [5.74, 6) is 0.734. The van der Waals surface area contributed by atoms with E-state index in [-0.39, 0.29) is 5.91 Å². The lowest BCUT2D eigenvalue weighted by atomic mass is 10.0. The number of rotatable bonds is 5. The molecule has 0 spiro atoms. The van der Waals surface area contributed by atoms with E-state index in [4.69, 9.17) is 9.40 Å². The Balaban J connectivity index is 1.53. The van der Waals surface area contributed by atoms with Gasteiger partial charge in [-0.15, -0.1) is 0 Å². The number of nitrogens with zero attached hydrogens (tertiary/aromatic N) is 2. The summed E-state index contributed by atoms with van der Waals surface area (Å²) in [6.45, 7) is 4.54. The minimum atomic E-state index is 0.000234. The van der Waals surface area contributed by atoms with E-state index in [0.29, 0.717) is 18.1 Å². The van der Waals surface area contributed by atoms with Gasteiger partial charge in [0.2, 0.25) is 5.91 Å². The van der Waals surface area contributed by atoms with Gasteiger partial charge in [-0.2, -0.15) is 0 Å². The maximum atomic E-state index is 13.5. The Hall–Kier alpha value is -3.44. The highest BCUT2D eigenvalue weighted by Crippen LogP contribution is 2.32. The fourth-order valence-corrected chi connectivity index (χ4v) is 4.87. The molecule has 3 aromatic carbocycles. The van der Waals surface area contributed by atoms with Crippen molar-refractivity contribution in [3.8, 4) is 0 Å². The molecular weight excluding hydrogens is 404 g/mol. The van der Waals surface area contributed by atoms with E-state index in [0.717, 1.165) is 32.3 Å². The van der Waals surface area contributed by atoms with Gasteiger partial charge in [-0.3, -0.25) is 9.69 Å². The Morgan fingerprint density at radius 2 is 1.81 bits per heavy atom. The number of aromatic nitrogens is 1. The number of furan rings is 1. The number of thiazole rings is 1. The number of aryl methyl sites for hydroxylation is 2. The van der Waals surface area contributed by atoms with Crippen LogP contribution in [0.25, 0.3) is 21.0 Å². The third-order valence-corrected chi connectivity index (χ3v) is 6.68. The molecule has 0 fully saturated rings. The van der Waals surface area contributed by atoms with Crippen molar-refractivity contribution < 1.29 is 9.21 Å². The Kier molecular flexibility index (Phi) is 5.04. The van der Waals surface area contributed by atoms with Crippen LogP contribution in [0.1, 0.15) is 22.5 Å².